The molecule has 104 valence electrons. The zero-order chi connectivity index (χ0) is 14.4. The van der Waals surface area contributed by atoms with E-state index >= 15 is 0 Å². The average molecular weight is 296 g/mol. The van der Waals surface area contributed by atoms with Gasteiger partial charge in [0.05, 0.1) is 11.6 Å². The van der Waals surface area contributed by atoms with Crippen molar-refractivity contribution in [3.05, 3.63) is 54.1 Å². The van der Waals surface area contributed by atoms with Crippen molar-refractivity contribution in [3.63, 3.8) is 0 Å². The van der Waals surface area contributed by atoms with Crippen LogP contribution < -0.4 is 10.6 Å². The Labute approximate surface area is 125 Å². The van der Waals surface area contributed by atoms with Gasteiger partial charge in [-0.3, -0.25) is 9.59 Å². The van der Waals surface area contributed by atoms with E-state index in [2.05, 4.69) is 10.6 Å². The Bertz CT molecular complexity index is 759. The van der Waals surface area contributed by atoms with E-state index < -0.39 is 11.2 Å². The fourth-order valence-electron chi connectivity index (χ4n) is 2.82. The van der Waals surface area contributed by atoms with E-state index in [-0.39, 0.29) is 11.8 Å². The number of benzene rings is 2. The Hall–Kier alpha value is -2.27. The fraction of sp³-hybridized carbons (Fsp3) is 0.125. The van der Waals surface area contributed by atoms with E-state index in [0.717, 1.165) is 21.8 Å². The molecule has 21 heavy (non-hydrogen) atoms. The van der Waals surface area contributed by atoms with E-state index in [4.69, 9.17) is 0 Å². The summed E-state index contributed by atoms with van der Waals surface area (Å²) >= 11 is 1.46. The maximum absolute atomic E-state index is 12.4. The standard InChI is InChI=1S/C16H12N2O2S/c19-15-13(9-5-1-2-6-10(9)17-15)14-16(20)18-11-7-3-4-8-12(11)21-14/h1-8,13-14H,(H,17,19)(H,18,20)/t13-,14-/m1/s1. The zero-order valence-corrected chi connectivity index (χ0v) is 11.8. The van der Waals surface area contributed by atoms with Gasteiger partial charge in [-0.2, -0.15) is 0 Å². The molecule has 0 fully saturated rings. The molecule has 2 amide bonds. The van der Waals surface area contributed by atoms with Gasteiger partial charge in [0, 0.05) is 10.6 Å². The Morgan fingerprint density at radius 2 is 1.48 bits per heavy atom. The largest absolute Gasteiger partial charge is 0.325 e. The zero-order valence-electron chi connectivity index (χ0n) is 11.0. The second-order valence-corrected chi connectivity index (χ2v) is 6.26. The van der Waals surface area contributed by atoms with Gasteiger partial charge in [-0.25, -0.2) is 0 Å². The van der Waals surface area contributed by atoms with Gasteiger partial charge in [0.1, 0.15) is 5.25 Å². The lowest BCUT2D eigenvalue weighted by atomic mass is 9.96. The maximum atomic E-state index is 12.4. The number of carbonyl (C=O) groups is 2. The monoisotopic (exact) mass is 296 g/mol. The smallest absolute Gasteiger partial charge is 0.239 e. The highest BCUT2D eigenvalue weighted by Crippen LogP contribution is 2.45. The highest BCUT2D eigenvalue weighted by molar-refractivity contribution is 8.01. The maximum Gasteiger partial charge on any atom is 0.239 e. The second kappa shape index (κ2) is 4.63. The summed E-state index contributed by atoms with van der Waals surface area (Å²) in [5.41, 5.74) is 2.52. The van der Waals surface area contributed by atoms with E-state index in [1.54, 1.807) is 0 Å². The molecule has 2 aromatic carbocycles. The van der Waals surface area contributed by atoms with Crippen LogP contribution in [0.5, 0.6) is 0 Å². The van der Waals surface area contributed by atoms with Crippen molar-refractivity contribution in [2.75, 3.05) is 10.6 Å². The van der Waals surface area contributed by atoms with Gasteiger partial charge in [0.2, 0.25) is 11.8 Å². The Balaban J connectivity index is 1.75. The van der Waals surface area contributed by atoms with Crippen LogP contribution in [0.1, 0.15) is 11.5 Å². The molecule has 0 unspecified atom stereocenters. The lowest BCUT2D eigenvalue weighted by Gasteiger charge is -2.27. The third kappa shape index (κ3) is 1.93. The molecule has 0 saturated carbocycles. The summed E-state index contributed by atoms with van der Waals surface area (Å²) in [6.45, 7) is 0. The molecule has 2 atom stereocenters. The number of carbonyl (C=O) groups excluding carboxylic acids is 2. The summed E-state index contributed by atoms with van der Waals surface area (Å²) in [5.74, 6) is -0.668. The first kappa shape index (κ1) is 12.5. The van der Waals surface area contributed by atoms with Crippen LogP contribution in [0.15, 0.2) is 53.4 Å². The molecule has 0 aromatic heterocycles. The van der Waals surface area contributed by atoms with Crippen LogP contribution in [0.3, 0.4) is 0 Å². The predicted octanol–water partition coefficient (Wildman–Crippen LogP) is 2.84. The molecule has 4 nitrogen and oxygen atoms in total. The van der Waals surface area contributed by atoms with Crippen molar-refractivity contribution in [2.24, 2.45) is 0 Å². The first-order chi connectivity index (χ1) is 10.2. The van der Waals surface area contributed by atoms with Gasteiger partial charge in [0.25, 0.3) is 0 Å². The minimum Gasteiger partial charge on any atom is -0.325 e. The van der Waals surface area contributed by atoms with Crippen molar-refractivity contribution in [1.82, 2.24) is 0 Å². The first-order valence-electron chi connectivity index (χ1n) is 6.70. The van der Waals surface area contributed by atoms with E-state index in [1.165, 1.54) is 11.8 Å². The van der Waals surface area contributed by atoms with Crippen LogP contribution in [0, 0.1) is 0 Å². The van der Waals surface area contributed by atoms with Gasteiger partial charge in [-0.15, -0.1) is 11.8 Å². The van der Waals surface area contributed by atoms with Gasteiger partial charge >= 0.3 is 0 Å². The molecule has 0 bridgehead atoms. The molecular formula is C16H12N2O2S. The summed E-state index contributed by atoms with van der Waals surface area (Å²) < 4.78 is 0. The molecule has 0 saturated heterocycles. The van der Waals surface area contributed by atoms with Crippen molar-refractivity contribution < 1.29 is 9.59 Å². The number of anilines is 2. The van der Waals surface area contributed by atoms with E-state index in [0.29, 0.717) is 0 Å². The van der Waals surface area contributed by atoms with Crippen molar-refractivity contribution in [3.8, 4) is 0 Å². The number of nitrogens with one attached hydrogen (secondary N) is 2. The van der Waals surface area contributed by atoms with Gasteiger partial charge in [-0.1, -0.05) is 30.3 Å². The van der Waals surface area contributed by atoms with Gasteiger partial charge in [0.15, 0.2) is 0 Å². The molecular weight excluding hydrogens is 284 g/mol. The van der Waals surface area contributed by atoms with Crippen LogP contribution in [-0.4, -0.2) is 17.1 Å². The molecule has 0 aliphatic carbocycles. The summed E-state index contributed by atoms with van der Waals surface area (Å²) in [7, 11) is 0. The number of hydrogen-bond donors (Lipinski definition) is 2. The van der Waals surface area contributed by atoms with Crippen molar-refractivity contribution in [1.29, 1.82) is 0 Å². The fourth-order valence-corrected chi connectivity index (χ4v) is 4.07. The van der Waals surface area contributed by atoms with Crippen LogP contribution in [0.2, 0.25) is 0 Å². The summed E-state index contributed by atoms with van der Waals surface area (Å²) in [6.07, 6.45) is 0. The molecule has 2 aliphatic rings. The van der Waals surface area contributed by atoms with Crippen LogP contribution in [-0.2, 0) is 9.59 Å². The van der Waals surface area contributed by atoms with Crippen molar-refractivity contribution in [2.45, 2.75) is 16.1 Å². The SMILES string of the molecule is O=C1Nc2ccccc2[C@@H]1[C@H]1Sc2ccccc2NC1=O. The molecule has 4 rings (SSSR count). The van der Waals surface area contributed by atoms with E-state index in [9.17, 15) is 9.59 Å². The Morgan fingerprint density at radius 3 is 2.33 bits per heavy atom. The van der Waals surface area contributed by atoms with E-state index in [1.807, 2.05) is 48.5 Å². The molecule has 2 aromatic rings. The highest BCUT2D eigenvalue weighted by Gasteiger charge is 2.42. The van der Waals surface area contributed by atoms with Crippen LogP contribution in [0.25, 0.3) is 0 Å². The number of para-hydroxylation sites is 2. The molecule has 2 N–H and O–H groups in total. The summed E-state index contributed by atoms with van der Waals surface area (Å²) in [5, 5.41) is 5.31. The first-order valence-corrected chi connectivity index (χ1v) is 7.58. The Morgan fingerprint density at radius 1 is 0.810 bits per heavy atom. The molecule has 5 heteroatoms. The number of hydrogen-bond acceptors (Lipinski definition) is 3. The van der Waals surface area contributed by atoms with Crippen LogP contribution in [0.4, 0.5) is 11.4 Å². The second-order valence-electron chi connectivity index (χ2n) is 5.08. The minimum atomic E-state index is -0.445. The molecule has 0 spiro atoms. The number of fused-ring (bicyclic) bond motifs is 2. The molecule has 0 radical (unpaired) electrons. The van der Waals surface area contributed by atoms with Crippen molar-refractivity contribution >= 4 is 35.0 Å². The number of amides is 2. The molecule has 2 aliphatic heterocycles. The van der Waals surface area contributed by atoms with Crippen LogP contribution >= 0.6 is 11.8 Å². The quantitative estimate of drug-likeness (QED) is 0.850. The summed E-state index contributed by atoms with van der Waals surface area (Å²) in [6, 6.07) is 15.2. The third-order valence-electron chi connectivity index (χ3n) is 3.80. The number of rotatable bonds is 1. The van der Waals surface area contributed by atoms with Gasteiger partial charge in [-0.05, 0) is 23.8 Å². The predicted molar refractivity (Wildman–Crippen MR) is 82.5 cm³/mol. The molecule has 2 heterocycles. The minimum absolute atomic E-state index is 0.108. The lowest BCUT2D eigenvalue weighted by Crippen LogP contribution is -2.36. The topological polar surface area (TPSA) is 58.2 Å². The average Bonchev–Trinajstić information content (AvgIpc) is 2.82. The third-order valence-corrected chi connectivity index (χ3v) is 5.15. The Kier molecular flexibility index (Phi) is 2.75. The number of thioether (sulfide) groups is 1. The van der Waals surface area contributed by atoms with Gasteiger partial charge < -0.3 is 10.6 Å². The lowest BCUT2D eigenvalue weighted by molar-refractivity contribution is -0.121. The highest BCUT2D eigenvalue weighted by atomic mass is 32.2. The summed E-state index contributed by atoms with van der Waals surface area (Å²) in [4.78, 5) is 25.7. The normalized spacial score (nSPS) is 23.0.